The Morgan fingerprint density at radius 2 is 1.59 bits per heavy atom. The largest absolute Gasteiger partial charge is 0.455 e. The van der Waals surface area contributed by atoms with Gasteiger partial charge in [-0.2, -0.15) is 4.31 Å². The first-order chi connectivity index (χ1) is 13.9. The third-order valence-corrected chi connectivity index (χ3v) is 7.86. The molecule has 0 bridgehead atoms. The van der Waals surface area contributed by atoms with Gasteiger partial charge in [-0.1, -0.05) is 32.1 Å². The first-order valence-corrected chi connectivity index (χ1v) is 11.9. The van der Waals surface area contributed by atoms with E-state index in [9.17, 15) is 18.0 Å². The van der Waals surface area contributed by atoms with Crippen molar-refractivity contribution >= 4 is 27.6 Å². The molecule has 2 fully saturated rings. The van der Waals surface area contributed by atoms with Gasteiger partial charge in [-0.25, -0.2) is 8.42 Å². The second-order valence-electron chi connectivity index (χ2n) is 7.97. The lowest BCUT2D eigenvalue weighted by Crippen LogP contribution is -2.38. The molecule has 0 spiro atoms. The maximum Gasteiger partial charge on any atom is 0.309 e. The molecule has 29 heavy (non-hydrogen) atoms. The van der Waals surface area contributed by atoms with E-state index in [1.807, 2.05) is 0 Å². The van der Waals surface area contributed by atoms with Gasteiger partial charge in [0, 0.05) is 18.8 Å². The fraction of sp³-hybridized carbons (Fsp3) is 0.619. The van der Waals surface area contributed by atoms with Gasteiger partial charge in [0.15, 0.2) is 6.61 Å². The molecule has 1 aromatic rings. The number of nitrogens with one attached hydrogen (secondary N) is 1. The lowest BCUT2D eigenvalue weighted by molar-refractivity contribution is -0.151. The Labute approximate surface area is 172 Å². The summed E-state index contributed by atoms with van der Waals surface area (Å²) in [5.74, 6) is -0.843. The number of benzene rings is 1. The van der Waals surface area contributed by atoms with E-state index in [0.29, 0.717) is 5.69 Å². The number of carbonyl (C=O) groups excluding carboxylic acids is 2. The highest BCUT2D eigenvalue weighted by Gasteiger charge is 2.29. The molecule has 8 heteroatoms. The van der Waals surface area contributed by atoms with Crippen molar-refractivity contribution in [2.45, 2.75) is 68.7 Å². The molecule has 0 saturated heterocycles. The van der Waals surface area contributed by atoms with E-state index in [4.69, 9.17) is 4.74 Å². The number of esters is 1. The fourth-order valence-corrected chi connectivity index (χ4v) is 5.55. The molecule has 7 nitrogen and oxygen atoms in total. The van der Waals surface area contributed by atoms with Crippen molar-refractivity contribution in [1.82, 2.24) is 4.31 Å². The van der Waals surface area contributed by atoms with E-state index < -0.39 is 15.9 Å². The Bertz CT molecular complexity index is 810. The Morgan fingerprint density at radius 1 is 1.00 bits per heavy atom. The number of hydrogen-bond acceptors (Lipinski definition) is 5. The summed E-state index contributed by atoms with van der Waals surface area (Å²) in [4.78, 5) is 24.1. The van der Waals surface area contributed by atoms with Crippen molar-refractivity contribution in [3.8, 4) is 0 Å². The number of rotatable bonds is 7. The molecular weight excluding hydrogens is 392 g/mol. The van der Waals surface area contributed by atoms with Crippen LogP contribution in [-0.4, -0.2) is 44.3 Å². The van der Waals surface area contributed by atoms with E-state index in [1.54, 1.807) is 19.2 Å². The normalized spacial score (nSPS) is 18.7. The van der Waals surface area contributed by atoms with Crippen LogP contribution in [0, 0.1) is 5.92 Å². The summed E-state index contributed by atoms with van der Waals surface area (Å²) < 4.78 is 32.3. The summed E-state index contributed by atoms with van der Waals surface area (Å²) in [6, 6.07) is 6.14. The van der Waals surface area contributed by atoms with Crippen molar-refractivity contribution in [3.05, 3.63) is 24.3 Å². The van der Waals surface area contributed by atoms with Gasteiger partial charge in [0.05, 0.1) is 10.8 Å². The average molecular weight is 423 g/mol. The van der Waals surface area contributed by atoms with Crippen molar-refractivity contribution in [2.75, 3.05) is 19.0 Å². The third-order valence-electron chi connectivity index (χ3n) is 5.94. The Morgan fingerprint density at radius 3 is 2.21 bits per heavy atom. The van der Waals surface area contributed by atoms with Crippen LogP contribution in [0.4, 0.5) is 5.69 Å². The zero-order valence-electron chi connectivity index (χ0n) is 16.9. The predicted octanol–water partition coefficient (Wildman–Crippen LogP) is 3.31. The van der Waals surface area contributed by atoms with E-state index in [1.165, 1.54) is 16.4 Å². The minimum Gasteiger partial charge on any atom is -0.455 e. The second-order valence-corrected chi connectivity index (χ2v) is 9.97. The molecule has 2 aliphatic rings. The zero-order valence-corrected chi connectivity index (χ0v) is 17.7. The van der Waals surface area contributed by atoms with E-state index in [2.05, 4.69) is 5.32 Å². The highest BCUT2D eigenvalue weighted by Crippen LogP contribution is 2.27. The standard InChI is InChI=1S/C21H30N2O5S/c1-23(18-9-3-2-4-10-18)29(26,27)19-13-11-17(12-14-19)22-20(24)15-28-21(25)16-7-5-6-8-16/h11-14,16,18H,2-10,15H2,1H3,(H,22,24). The van der Waals surface area contributed by atoms with Gasteiger partial charge in [-0.15, -0.1) is 0 Å². The summed E-state index contributed by atoms with van der Waals surface area (Å²) >= 11 is 0. The summed E-state index contributed by atoms with van der Waals surface area (Å²) in [5.41, 5.74) is 0.464. The number of hydrogen-bond donors (Lipinski definition) is 1. The highest BCUT2D eigenvalue weighted by atomic mass is 32.2. The van der Waals surface area contributed by atoms with Crippen LogP contribution in [0.2, 0.25) is 0 Å². The van der Waals surface area contributed by atoms with Gasteiger partial charge in [0.2, 0.25) is 10.0 Å². The van der Waals surface area contributed by atoms with Gasteiger partial charge in [0.25, 0.3) is 5.91 Å². The average Bonchev–Trinajstić information content (AvgIpc) is 3.27. The Kier molecular flexibility index (Phi) is 7.29. The maximum absolute atomic E-state index is 12.8. The number of nitrogens with zero attached hydrogens (tertiary/aromatic N) is 1. The van der Waals surface area contributed by atoms with Crippen LogP contribution in [0.5, 0.6) is 0 Å². The first-order valence-electron chi connectivity index (χ1n) is 10.4. The molecule has 0 atom stereocenters. The van der Waals surface area contributed by atoms with Crippen LogP contribution in [0.3, 0.4) is 0 Å². The van der Waals surface area contributed by atoms with E-state index in [-0.39, 0.29) is 29.4 Å². The molecule has 1 N–H and O–H groups in total. The second kappa shape index (κ2) is 9.71. The van der Waals surface area contributed by atoms with Gasteiger partial charge in [-0.3, -0.25) is 9.59 Å². The molecule has 2 saturated carbocycles. The molecule has 0 heterocycles. The first kappa shape index (κ1) is 21.8. The van der Waals surface area contributed by atoms with Gasteiger partial charge in [-0.05, 0) is 49.9 Å². The Hall–Kier alpha value is -1.93. The molecule has 0 unspecified atom stereocenters. The Balaban J connectivity index is 1.53. The smallest absolute Gasteiger partial charge is 0.309 e. The van der Waals surface area contributed by atoms with E-state index in [0.717, 1.165) is 57.8 Å². The van der Waals surface area contributed by atoms with Gasteiger partial charge in [0.1, 0.15) is 0 Å². The van der Waals surface area contributed by atoms with E-state index >= 15 is 0 Å². The monoisotopic (exact) mass is 422 g/mol. The molecule has 1 amide bonds. The van der Waals surface area contributed by atoms with Crippen LogP contribution in [0.25, 0.3) is 0 Å². The summed E-state index contributed by atoms with van der Waals surface area (Å²) in [5, 5.41) is 2.63. The number of carbonyl (C=O) groups is 2. The molecule has 2 aliphatic carbocycles. The molecular formula is C21H30N2O5S. The lowest BCUT2D eigenvalue weighted by Gasteiger charge is -2.30. The lowest BCUT2D eigenvalue weighted by atomic mass is 9.96. The third kappa shape index (κ3) is 5.57. The molecule has 0 aliphatic heterocycles. The van der Waals surface area contributed by atoms with Crippen molar-refractivity contribution in [1.29, 1.82) is 0 Å². The SMILES string of the molecule is CN(C1CCCCC1)S(=O)(=O)c1ccc(NC(=O)COC(=O)C2CCCC2)cc1. The van der Waals surface area contributed by atoms with Gasteiger partial charge >= 0.3 is 5.97 Å². The number of amides is 1. The zero-order chi connectivity index (χ0) is 20.9. The summed E-state index contributed by atoms with van der Waals surface area (Å²) in [6.07, 6.45) is 8.76. The quantitative estimate of drug-likeness (QED) is 0.681. The molecule has 0 aromatic heterocycles. The van der Waals surface area contributed by atoms with Crippen molar-refractivity contribution in [3.63, 3.8) is 0 Å². The maximum atomic E-state index is 12.8. The predicted molar refractivity (Wildman–Crippen MR) is 110 cm³/mol. The fourth-order valence-electron chi connectivity index (χ4n) is 4.13. The van der Waals surface area contributed by atoms with Crippen molar-refractivity contribution < 1.29 is 22.7 Å². The van der Waals surface area contributed by atoms with Gasteiger partial charge < -0.3 is 10.1 Å². The minimum atomic E-state index is -3.56. The molecule has 3 rings (SSSR count). The molecule has 0 radical (unpaired) electrons. The molecule has 1 aromatic carbocycles. The van der Waals surface area contributed by atoms with Crippen LogP contribution in [-0.2, 0) is 24.3 Å². The highest BCUT2D eigenvalue weighted by molar-refractivity contribution is 7.89. The summed E-state index contributed by atoms with van der Waals surface area (Å²) in [7, 11) is -1.92. The topological polar surface area (TPSA) is 92.8 Å². The minimum absolute atomic E-state index is 0.0442. The summed E-state index contributed by atoms with van der Waals surface area (Å²) in [6.45, 7) is -0.334. The van der Waals surface area contributed by atoms with Crippen LogP contribution in [0.15, 0.2) is 29.2 Å². The molecule has 160 valence electrons. The number of ether oxygens (including phenoxy) is 1. The van der Waals surface area contributed by atoms with Crippen LogP contribution in [0.1, 0.15) is 57.8 Å². The number of anilines is 1. The van der Waals surface area contributed by atoms with Crippen molar-refractivity contribution in [2.24, 2.45) is 5.92 Å². The van der Waals surface area contributed by atoms with Crippen LogP contribution >= 0.6 is 0 Å². The number of sulfonamides is 1. The van der Waals surface area contributed by atoms with Crippen LogP contribution < -0.4 is 5.32 Å².